The molecule has 2 saturated heterocycles. The number of carbonyl (C=O) groups is 1. The van der Waals surface area contributed by atoms with Crippen molar-refractivity contribution < 1.29 is 4.79 Å². The minimum absolute atomic E-state index is 0. The fourth-order valence-electron chi connectivity index (χ4n) is 5.27. The first kappa shape index (κ1) is 24.9. The van der Waals surface area contributed by atoms with Crippen molar-refractivity contribution in [3.8, 4) is 0 Å². The van der Waals surface area contributed by atoms with Gasteiger partial charge in [0, 0.05) is 25.0 Å². The quantitative estimate of drug-likeness (QED) is 0.676. The summed E-state index contributed by atoms with van der Waals surface area (Å²) >= 11 is 1.78. The van der Waals surface area contributed by atoms with E-state index in [9.17, 15) is 4.79 Å². The van der Waals surface area contributed by atoms with Gasteiger partial charge in [-0.25, -0.2) is 4.98 Å². The third-order valence-corrected chi connectivity index (χ3v) is 8.08. The molecule has 0 radical (unpaired) electrons. The van der Waals surface area contributed by atoms with Gasteiger partial charge in [0.2, 0.25) is 5.91 Å². The van der Waals surface area contributed by atoms with Crippen molar-refractivity contribution in [1.82, 2.24) is 20.5 Å². The van der Waals surface area contributed by atoms with Crippen LogP contribution in [0.5, 0.6) is 0 Å². The zero-order valence-electron chi connectivity index (χ0n) is 17.5. The number of aromatic nitrogens is 1. The molecule has 3 heterocycles. The van der Waals surface area contributed by atoms with E-state index in [-0.39, 0.29) is 30.2 Å². The summed E-state index contributed by atoms with van der Waals surface area (Å²) < 4.78 is 0. The Labute approximate surface area is 191 Å². The second-order valence-electron chi connectivity index (χ2n) is 8.75. The molecule has 29 heavy (non-hydrogen) atoms. The van der Waals surface area contributed by atoms with E-state index in [4.69, 9.17) is 4.98 Å². The molecule has 1 aromatic heterocycles. The Morgan fingerprint density at radius 2 is 2.10 bits per heavy atom. The summed E-state index contributed by atoms with van der Waals surface area (Å²) in [5.41, 5.74) is 1.11. The molecule has 5 nitrogen and oxygen atoms in total. The number of nitrogens with zero attached hydrogens (tertiary/aromatic N) is 2. The van der Waals surface area contributed by atoms with Gasteiger partial charge in [-0.15, -0.1) is 36.2 Å². The van der Waals surface area contributed by atoms with Crippen molar-refractivity contribution in [2.45, 2.75) is 58.4 Å². The first-order valence-corrected chi connectivity index (χ1v) is 11.7. The second kappa shape index (κ2) is 11.3. The molecule has 0 unspecified atom stereocenters. The van der Waals surface area contributed by atoms with Crippen molar-refractivity contribution in [3.63, 3.8) is 0 Å². The normalized spacial score (nSPS) is 27.6. The van der Waals surface area contributed by atoms with Crippen molar-refractivity contribution in [2.24, 2.45) is 17.3 Å². The third kappa shape index (κ3) is 5.65. The van der Waals surface area contributed by atoms with Gasteiger partial charge in [-0.05, 0) is 63.6 Å². The van der Waals surface area contributed by atoms with Crippen LogP contribution < -0.4 is 10.6 Å². The smallest absolute Gasteiger partial charge is 0.227 e. The van der Waals surface area contributed by atoms with E-state index in [1.54, 1.807) is 11.3 Å². The lowest BCUT2D eigenvalue weighted by Crippen LogP contribution is -2.49. The summed E-state index contributed by atoms with van der Waals surface area (Å²) in [6.45, 7) is 8.16. The third-order valence-electron chi connectivity index (χ3n) is 7.04. The van der Waals surface area contributed by atoms with Gasteiger partial charge in [0.05, 0.1) is 16.1 Å². The van der Waals surface area contributed by atoms with Crippen molar-refractivity contribution in [2.75, 3.05) is 32.7 Å². The van der Waals surface area contributed by atoms with E-state index >= 15 is 0 Å². The summed E-state index contributed by atoms with van der Waals surface area (Å²) in [5.74, 6) is 1.51. The van der Waals surface area contributed by atoms with Crippen LogP contribution in [0.25, 0.3) is 0 Å². The van der Waals surface area contributed by atoms with Crippen LogP contribution in [0.3, 0.4) is 0 Å². The monoisotopic (exact) mass is 462 g/mol. The number of fused-ring (bicyclic) bond motifs is 1. The number of aryl methyl sites for hydroxylation is 1. The van der Waals surface area contributed by atoms with Gasteiger partial charge in [0.25, 0.3) is 0 Å². The molecule has 2 N–H and O–H groups in total. The van der Waals surface area contributed by atoms with Crippen molar-refractivity contribution in [3.05, 3.63) is 16.1 Å². The molecule has 1 aliphatic carbocycles. The van der Waals surface area contributed by atoms with Crippen LogP contribution in [0.1, 0.15) is 56.2 Å². The van der Waals surface area contributed by atoms with Crippen LogP contribution in [0.15, 0.2) is 5.38 Å². The highest BCUT2D eigenvalue weighted by molar-refractivity contribution is 7.09. The SMILES string of the molecule is CCc1nc(CN2CCC(CNC(=O)[C@@]34CCCC[C@H]3CNC4)CC2)cs1.Cl.Cl. The van der Waals surface area contributed by atoms with E-state index in [1.807, 2.05) is 0 Å². The van der Waals surface area contributed by atoms with Crippen LogP contribution in [-0.4, -0.2) is 48.5 Å². The zero-order valence-corrected chi connectivity index (χ0v) is 19.9. The average Bonchev–Trinajstić information content (AvgIpc) is 3.34. The van der Waals surface area contributed by atoms with Crippen LogP contribution in [0.2, 0.25) is 0 Å². The standard InChI is InChI=1S/C21H34N4OS.2ClH/c1-2-19-24-18(14-27-19)13-25-9-6-16(7-10-25)11-23-20(26)21-8-4-3-5-17(21)12-22-15-21;;/h14,16-17,22H,2-13,15H2,1H3,(H,23,26);2*1H/t17-,21+;;/m0../s1. The molecular weight excluding hydrogens is 427 g/mol. The van der Waals surface area contributed by atoms with E-state index in [1.165, 1.54) is 42.8 Å². The zero-order chi connectivity index (χ0) is 18.7. The van der Waals surface area contributed by atoms with Crippen LogP contribution in [-0.2, 0) is 17.8 Å². The lowest BCUT2D eigenvalue weighted by molar-refractivity contribution is -0.134. The molecule has 3 aliphatic rings. The van der Waals surface area contributed by atoms with Gasteiger partial charge in [-0.3, -0.25) is 9.69 Å². The molecular formula is C21H36Cl2N4OS. The number of thiazole rings is 1. The number of carbonyl (C=O) groups excluding carboxylic acids is 1. The highest BCUT2D eigenvalue weighted by Crippen LogP contribution is 2.43. The van der Waals surface area contributed by atoms with Crippen molar-refractivity contribution in [1.29, 1.82) is 0 Å². The first-order valence-electron chi connectivity index (χ1n) is 10.8. The molecule has 4 rings (SSSR count). The van der Waals surface area contributed by atoms with E-state index < -0.39 is 0 Å². The summed E-state index contributed by atoms with van der Waals surface area (Å²) in [7, 11) is 0. The van der Waals surface area contributed by atoms with Gasteiger partial charge < -0.3 is 10.6 Å². The largest absolute Gasteiger partial charge is 0.355 e. The lowest BCUT2D eigenvalue weighted by atomic mass is 9.67. The number of nitrogens with one attached hydrogen (secondary N) is 2. The van der Waals surface area contributed by atoms with Gasteiger partial charge in [0.1, 0.15) is 0 Å². The summed E-state index contributed by atoms with van der Waals surface area (Å²) in [4.78, 5) is 20.2. The van der Waals surface area contributed by atoms with E-state index in [0.29, 0.717) is 17.7 Å². The number of piperidine rings is 1. The Balaban J connectivity index is 0.00000150. The molecule has 8 heteroatoms. The highest BCUT2D eigenvalue weighted by atomic mass is 35.5. The van der Waals surface area contributed by atoms with E-state index in [2.05, 4.69) is 27.8 Å². The van der Waals surface area contributed by atoms with Gasteiger partial charge in [-0.2, -0.15) is 0 Å². The van der Waals surface area contributed by atoms with Crippen LogP contribution in [0, 0.1) is 17.3 Å². The number of halogens is 2. The maximum absolute atomic E-state index is 13.0. The lowest BCUT2D eigenvalue weighted by Gasteiger charge is -2.38. The van der Waals surface area contributed by atoms with Gasteiger partial charge in [0.15, 0.2) is 0 Å². The molecule has 0 spiro atoms. The minimum Gasteiger partial charge on any atom is -0.355 e. The fraction of sp³-hybridized carbons (Fsp3) is 0.810. The number of hydrogen-bond acceptors (Lipinski definition) is 5. The summed E-state index contributed by atoms with van der Waals surface area (Å²) in [6.07, 6.45) is 8.18. The topological polar surface area (TPSA) is 57.3 Å². The average molecular weight is 464 g/mol. The van der Waals surface area contributed by atoms with Crippen molar-refractivity contribution >= 4 is 42.1 Å². The Kier molecular flexibility index (Phi) is 9.68. The molecule has 1 saturated carbocycles. The fourth-order valence-corrected chi connectivity index (χ4v) is 6.00. The molecule has 3 fully saturated rings. The first-order chi connectivity index (χ1) is 13.2. The number of likely N-dealkylation sites (tertiary alicyclic amines) is 1. The number of rotatable bonds is 6. The molecule has 166 valence electrons. The number of amides is 1. The van der Waals surface area contributed by atoms with Gasteiger partial charge in [-0.1, -0.05) is 19.8 Å². The van der Waals surface area contributed by atoms with Crippen LogP contribution >= 0.6 is 36.2 Å². The Morgan fingerprint density at radius 1 is 1.31 bits per heavy atom. The molecule has 2 atom stereocenters. The van der Waals surface area contributed by atoms with Crippen LogP contribution in [0.4, 0.5) is 0 Å². The molecule has 1 aromatic rings. The highest BCUT2D eigenvalue weighted by Gasteiger charge is 2.49. The Bertz CT molecular complexity index is 650. The second-order valence-corrected chi connectivity index (χ2v) is 9.69. The number of hydrogen-bond donors (Lipinski definition) is 2. The molecule has 0 aromatic carbocycles. The molecule has 2 aliphatic heterocycles. The predicted octanol–water partition coefficient (Wildman–Crippen LogP) is 3.66. The maximum atomic E-state index is 13.0. The summed E-state index contributed by atoms with van der Waals surface area (Å²) in [5, 5.41) is 10.3. The molecule has 0 bridgehead atoms. The Morgan fingerprint density at radius 3 is 2.83 bits per heavy atom. The Hall–Kier alpha value is -0.400. The predicted molar refractivity (Wildman–Crippen MR) is 124 cm³/mol. The summed E-state index contributed by atoms with van der Waals surface area (Å²) in [6, 6.07) is 0. The minimum atomic E-state index is -0.111. The van der Waals surface area contributed by atoms with E-state index in [0.717, 1.165) is 52.1 Å². The maximum Gasteiger partial charge on any atom is 0.227 e. The van der Waals surface area contributed by atoms with Gasteiger partial charge >= 0.3 is 0 Å². The molecule has 1 amide bonds.